The minimum absolute atomic E-state index is 0.0498. The van der Waals surface area contributed by atoms with E-state index in [-0.39, 0.29) is 6.42 Å². The molecule has 0 spiro atoms. The third kappa shape index (κ3) is 1.32. The monoisotopic (exact) mass is 167 g/mol. The Bertz CT molecular complexity index is 301. The lowest BCUT2D eigenvalue weighted by molar-refractivity contribution is -0.136. The van der Waals surface area contributed by atoms with Crippen LogP contribution in [0.15, 0.2) is 10.8 Å². The van der Waals surface area contributed by atoms with Gasteiger partial charge in [0.05, 0.1) is 5.69 Å². The van der Waals surface area contributed by atoms with E-state index in [1.54, 1.807) is 0 Å². The van der Waals surface area contributed by atoms with Crippen LogP contribution in [0, 0.1) is 0 Å². The van der Waals surface area contributed by atoms with Crippen LogP contribution in [0.25, 0.3) is 0 Å². The van der Waals surface area contributed by atoms with E-state index in [1.165, 1.54) is 6.39 Å². The van der Waals surface area contributed by atoms with Crippen molar-refractivity contribution in [2.24, 2.45) is 0 Å². The fourth-order valence-electron chi connectivity index (χ4n) is 1.24. The van der Waals surface area contributed by atoms with Gasteiger partial charge in [-0.05, 0) is 12.8 Å². The van der Waals surface area contributed by atoms with Gasteiger partial charge < -0.3 is 9.52 Å². The van der Waals surface area contributed by atoms with Crippen molar-refractivity contribution in [3.63, 3.8) is 0 Å². The summed E-state index contributed by atoms with van der Waals surface area (Å²) in [5.74, 6) is 0.108. The van der Waals surface area contributed by atoms with Crippen LogP contribution in [0.3, 0.4) is 0 Å². The lowest BCUT2D eigenvalue weighted by atomic mass is 10.2. The third-order valence-electron chi connectivity index (χ3n) is 1.95. The van der Waals surface area contributed by atoms with Crippen LogP contribution in [0.1, 0.15) is 30.2 Å². The number of carboxylic acid groups (broad SMARTS) is 1. The van der Waals surface area contributed by atoms with Crippen molar-refractivity contribution in [2.45, 2.75) is 25.2 Å². The molecule has 1 fully saturated rings. The lowest BCUT2D eigenvalue weighted by Gasteiger charge is -1.93. The largest absolute Gasteiger partial charge is 0.481 e. The second kappa shape index (κ2) is 2.62. The SMILES string of the molecule is O=C(O)Cc1ocnc1C1CC1. The van der Waals surface area contributed by atoms with Gasteiger partial charge in [-0.15, -0.1) is 0 Å². The highest BCUT2D eigenvalue weighted by atomic mass is 16.4. The predicted molar refractivity (Wildman–Crippen MR) is 39.8 cm³/mol. The number of aliphatic carboxylic acids is 1. The topological polar surface area (TPSA) is 63.3 Å². The van der Waals surface area contributed by atoms with Gasteiger partial charge in [0, 0.05) is 5.92 Å². The van der Waals surface area contributed by atoms with Gasteiger partial charge in [0.15, 0.2) is 6.39 Å². The molecule has 0 radical (unpaired) electrons. The predicted octanol–water partition coefficient (Wildman–Crippen LogP) is 1.18. The molecule has 64 valence electrons. The summed E-state index contributed by atoms with van der Waals surface area (Å²) in [5, 5.41) is 8.52. The summed E-state index contributed by atoms with van der Waals surface area (Å²) >= 11 is 0. The van der Waals surface area contributed by atoms with Gasteiger partial charge in [-0.1, -0.05) is 0 Å². The molecule has 12 heavy (non-hydrogen) atoms. The molecule has 0 bridgehead atoms. The third-order valence-corrected chi connectivity index (χ3v) is 1.95. The van der Waals surface area contributed by atoms with Crippen molar-refractivity contribution in [1.82, 2.24) is 4.98 Å². The Labute approximate surface area is 69.2 Å². The maximum atomic E-state index is 10.4. The first kappa shape index (κ1) is 7.34. The van der Waals surface area contributed by atoms with Gasteiger partial charge in [-0.2, -0.15) is 0 Å². The van der Waals surface area contributed by atoms with E-state index >= 15 is 0 Å². The van der Waals surface area contributed by atoms with Gasteiger partial charge in [0.1, 0.15) is 12.2 Å². The normalized spacial score (nSPS) is 16.3. The highest BCUT2D eigenvalue weighted by Crippen LogP contribution is 2.40. The van der Waals surface area contributed by atoms with E-state index in [1.807, 2.05) is 0 Å². The number of carboxylic acids is 1. The van der Waals surface area contributed by atoms with Crippen molar-refractivity contribution in [3.8, 4) is 0 Å². The number of nitrogens with zero attached hydrogens (tertiary/aromatic N) is 1. The van der Waals surface area contributed by atoms with Crippen molar-refractivity contribution < 1.29 is 14.3 Å². The van der Waals surface area contributed by atoms with Crippen molar-refractivity contribution in [1.29, 1.82) is 0 Å². The van der Waals surface area contributed by atoms with Crippen LogP contribution in [0.2, 0.25) is 0 Å². The average Bonchev–Trinajstić information content (AvgIpc) is 2.73. The smallest absolute Gasteiger partial charge is 0.311 e. The number of rotatable bonds is 3. The van der Waals surface area contributed by atoms with Crippen molar-refractivity contribution in [2.75, 3.05) is 0 Å². The fraction of sp³-hybridized carbons (Fsp3) is 0.500. The highest BCUT2D eigenvalue weighted by molar-refractivity contribution is 5.69. The molecule has 4 heteroatoms. The number of carbonyl (C=O) groups is 1. The quantitative estimate of drug-likeness (QED) is 0.734. The minimum atomic E-state index is -0.867. The molecule has 1 N–H and O–H groups in total. The van der Waals surface area contributed by atoms with Gasteiger partial charge in [-0.3, -0.25) is 4.79 Å². The second-order valence-electron chi connectivity index (χ2n) is 3.01. The van der Waals surface area contributed by atoms with Crippen LogP contribution in [0.4, 0.5) is 0 Å². The molecule has 4 nitrogen and oxygen atoms in total. The van der Waals surface area contributed by atoms with E-state index in [2.05, 4.69) is 4.98 Å². The Balaban J connectivity index is 2.18. The molecule has 0 atom stereocenters. The summed E-state index contributed by atoms with van der Waals surface area (Å²) in [6.45, 7) is 0. The van der Waals surface area contributed by atoms with E-state index in [4.69, 9.17) is 9.52 Å². The second-order valence-corrected chi connectivity index (χ2v) is 3.01. The Kier molecular flexibility index (Phi) is 1.60. The Morgan fingerprint density at radius 2 is 2.50 bits per heavy atom. The molecular weight excluding hydrogens is 158 g/mol. The maximum Gasteiger partial charge on any atom is 0.311 e. The lowest BCUT2D eigenvalue weighted by Crippen LogP contribution is -2.01. The molecule has 0 unspecified atom stereocenters. The number of hydrogen-bond acceptors (Lipinski definition) is 3. The summed E-state index contributed by atoms with van der Waals surface area (Å²) in [5.41, 5.74) is 0.845. The highest BCUT2D eigenvalue weighted by Gasteiger charge is 2.29. The first-order valence-corrected chi connectivity index (χ1v) is 3.91. The standard InChI is InChI=1S/C8H9NO3/c10-7(11)3-6-8(5-1-2-5)9-4-12-6/h4-5H,1-3H2,(H,10,11). The van der Waals surface area contributed by atoms with Gasteiger partial charge in [-0.25, -0.2) is 4.98 Å². The fourth-order valence-corrected chi connectivity index (χ4v) is 1.24. The van der Waals surface area contributed by atoms with Crippen LogP contribution in [0.5, 0.6) is 0 Å². The summed E-state index contributed by atoms with van der Waals surface area (Å²) < 4.78 is 4.98. The minimum Gasteiger partial charge on any atom is -0.481 e. The molecule has 1 aliphatic rings. The molecule has 0 amide bonds. The molecular formula is C8H9NO3. The molecule has 1 saturated carbocycles. The summed E-state index contributed by atoms with van der Waals surface area (Å²) in [7, 11) is 0. The molecule has 0 aromatic carbocycles. The van der Waals surface area contributed by atoms with Crippen LogP contribution in [-0.2, 0) is 11.2 Å². The van der Waals surface area contributed by atoms with Crippen molar-refractivity contribution >= 4 is 5.97 Å². The van der Waals surface area contributed by atoms with Gasteiger partial charge in [0.2, 0.25) is 0 Å². The van der Waals surface area contributed by atoms with Crippen LogP contribution in [-0.4, -0.2) is 16.1 Å². The molecule has 1 aromatic rings. The molecule has 1 heterocycles. The first-order chi connectivity index (χ1) is 5.77. The van der Waals surface area contributed by atoms with E-state index < -0.39 is 5.97 Å². The Hall–Kier alpha value is -1.32. The van der Waals surface area contributed by atoms with Crippen molar-refractivity contribution in [3.05, 3.63) is 17.8 Å². The summed E-state index contributed by atoms with van der Waals surface area (Å²) in [6, 6.07) is 0. The first-order valence-electron chi connectivity index (χ1n) is 3.91. The Morgan fingerprint density at radius 3 is 3.08 bits per heavy atom. The van der Waals surface area contributed by atoms with E-state index in [0.717, 1.165) is 18.5 Å². The van der Waals surface area contributed by atoms with Gasteiger partial charge in [0.25, 0.3) is 0 Å². The summed E-state index contributed by atoms with van der Waals surface area (Å²) in [4.78, 5) is 14.4. The summed E-state index contributed by atoms with van der Waals surface area (Å²) in [6.07, 6.45) is 3.50. The zero-order chi connectivity index (χ0) is 8.55. The van der Waals surface area contributed by atoms with E-state index in [0.29, 0.717) is 11.7 Å². The average molecular weight is 167 g/mol. The van der Waals surface area contributed by atoms with E-state index in [9.17, 15) is 4.79 Å². The van der Waals surface area contributed by atoms with Crippen LogP contribution < -0.4 is 0 Å². The maximum absolute atomic E-state index is 10.4. The number of hydrogen-bond donors (Lipinski definition) is 1. The Morgan fingerprint density at radius 1 is 1.75 bits per heavy atom. The number of aromatic nitrogens is 1. The molecule has 0 saturated heterocycles. The molecule has 0 aliphatic heterocycles. The molecule has 1 aromatic heterocycles. The molecule has 2 rings (SSSR count). The molecule has 1 aliphatic carbocycles. The van der Waals surface area contributed by atoms with Gasteiger partial charge >= 0.3 is 5.97 Å². The zero-order valence-electron chi connectivity index (χ0n) is 6.49. The van der Waals surface area contributed by atoms with Crippen LogP contribution >= 0.6 is 0 Å². The number of oxazole rings is 1. The zero-order valence-corrected chi connectivity index (χ0v) is 6.49.